The SMILES string of the molecule is COc1ccc(C=C2SC(=O)N(CCNC(=O)c3cccc(S(=O)(=O)Nc4cc(C(F)(F)F)ccc4Cl)c3)C2=O)cc1. The van der Waals surface area contributed by atoms with Crippen LogP contribution >= 0.6 is 23.4 Å². The van der Waals surface area contributed by atoms with E-state index in [9.17, 15) is 36.0 Å². The number of imide groups is 1. The summed E-state index contributed by atoms with van der Waals surface area (Å²) in [6.45, 7) is -0.258. The van der Waals surface area contributed by atoms with Crippen LogP contribution in [0.15, 0.2) is 76.5 Å². The predicted molar refractivity (Wildman–Crippen MR) is 152 cm³/mol. The number of thioether (sulfide) groups is 1. The van der Waals surface area contributed by atoms with Crippen molar-refractivity contribution in [3.05, 3.63) is 93.3 Å². The van der Waals surface area contributed by atoms with Crippen LogP contribution in [-0.4, -0.2) is 50.6 Å². The molecule has 0 aliphatic carbocycles. The van der Waals surface area contributed by atoms with Crippen molar-refractivity contribution < 1.29 is 40.7 Å². The minimum absolute atomic E-state index is 0.0819. The van der Waals surface area contributed by atoms with Crippen molar-refractivity contribution in [2.24, 2.45) is 0 Å². The van der Waals surface area contributed by atoms with Gasteiger partial charge in [-0.3, -0.25) is 24.0 Å². The van der Waals surface area contributed by atoms with E-state index in [-0.39, 0.29) is 28.6 Å². The summed E-state index contributed by atoms with van der Waals surface area (Å²) in [7, 11) is -2.91. The molecule has 1 saturated heterocycles. The molecule has 1 aliphatic rings. The third kappa shape index (κ3) is 7.24. The van der Waals surface area contributed by atoms with E-state index in [1.54, 1.807) is 30.3 Å². The van der Waals surface area contributed by atoms with Crippen LogP contribution in [-0.2, 0) is 21.0 Å². The van der Waals surface area contributed by atoms with E-state index in [1.165, 1.54) is 19.2 Å². The molecule has 0 bridgehead atoms. The van der Waals surface area contributed by atoms with Crippen LogP contribution in [0.1, 0.15) is 21.5 Å². The number of rotatable bonds is 9. The molecule has 42 heavy (non-hydrogen) atoms. The van der Waals surface area contributed by atoms with Crippen LogP contribution in [0.4, 0.5) is 23.7 Å². The Bertz CT molecular complexity index is 1680. The van der Waals surface area contributed by atoms with Crippen LogP contribution in [0.2, 0.25) is 5.02 Å². The molecule has 220 valence electrons. The van der Waals surface area contributed by atoms with E-state index in [4.69, 9.17) is 16.3 Å². The second-order valence-electron chi connectivity index (χ2n) is 8.69. The quantitative estimate of drug-likeness (QED) is 0.291. The number of benzene rings is 3. The highest BCUT2D eigenvalue weighted by Crippen LogP contribution is 2.35. The molecule has 1 heterocycles. The molecule has 9 nitrogen and oxygen atoms in total. The van der Waals surface area contributed by atoms with Crippen LogP contribution in [0.3, 0.4) is 0 Å². The molecule has 1 aliphatic heterocycles. The first-order chi connectivity index (χ1) is 19.8. The van der Waals surface area contributed by atoms with E-state index in [0.717, 1.165) is 34.9 Å². The topological polar surface area (TPSA) is 122 Å². The third-order valence-corrected chi connectivity index (χ3v) is 8.45. The minimum Gasteiger partial charge on any atom is -0.497 e. The molecule has 0 saturated carbocycles. The average Bonchev–Trinajstić information content (AvgIpc) is 3.21. The monoisotopic (exact) mass is 639 g/mol. The lowest BCUT2D eigenvalue weighted by Crippen LogP contribution is -2.37. The van der Waals surface area contributed by atoms with Gasteiger partial charge in [-0.15, -0.1) is 0 Å². The van der Waals surface area contributed by atoms with Gasteiger partial charge in [0.15, 0.2) is 0 Å². The fourth-order valence-corrected chi connectivity index (χ4v) is 5.92. The van der Waals surface area contributed by atoms with Gasteiger partial charge >= 0.3 is 6.18 Å². The molecule has 15 heteroatoms. The zero-order valence-corrected chi connectivity index (χ0v) is 24.0. The molecular weight excluding hydrogens is 619 g/mol. The van der Waals surface area contributed by atoms with Gasteiger partial charge in [0.2, 0.25) is 0 Å². The molecule has 0 spiro atoms. The summed E-state index contributed by atoms with van der Waals surface area (Å²) in [6.07, 6.45) is -3.16. The van der Waals surface area contributed by atoms with E-state index in [2.05, 4.69) is 5.32 Å². The van der Waals surface area contributed by atoms with Crippen molar-refractivity contribution >= 4 is 62.2 Å². The Morgan fingerprint density at radius 1 is 1.07 bits per heavy atom. The number of hydrogen-bond acceptors (Lipinski definition) is 7. The molecule has 3 aromatic carbocycles. The normalized spacial score (nSPS) is 14.8. The highest BCUT2D eigenvalue weighted by atomic mass is 35.5. The first-order valence-corrected chi connectivity index (χ1v) is 14.6. The molecule has 0 atom stereocenters. The molecule has 3 aromatic rings. The number of amides is 3. The zero-order valence-electron chi connectivity index (χ0n) is 21.6. The Balaban J connectivity index is 1.39. The van der Waals surface area contributed by atoms with Crippen molar-refractivity contribution in [1.82, 2.24) is 10.2 Å². The number of hydrogen-bond donors (Lipinski definition) is 2. The summed E-state index contributed by atoms with van der Waals surface area (Å²) in [6, 6.07) is 13.8. The van der Waals surface area contributed by atoms with Gasteiger partial charge in [0.05, 0.1) is 33.2 Å². The average molecular weight is 640 g/mol. The van der Waals surface area contributed by atoms with Crippen LogP contribution in [0.5, 0.6) is 5.75 Å². The number of methoxy groups -OCH3 is 1. The van der Waals surface area contributed by atoms with E-state index >= 15 is 0 Å². The predicted octanol–water partition coefficient (Wildman–Crippen LogP) is 5.63. The fraction of sp³-hybridized carbons (Fsp3) is 0.148. The lowest BCUT2D eigenvalue weighted by molar-refractivity contribution is -0.137. The van der Waals surface area contributed by atoms with E-state index in [0.29, 0.717) is 23.4 Å². The van der Waals surface area contributed by atoms with Gasteiger partial charge in [0, 0.05) is 18.7 Å². The fourth-order valence-electron chi connectivity index (χ4n) is 3.72. The Kier molecular flexibility index (Phi) is 9.18. The number of sulfonamides is 1. The van der Waals surface area contributed by atoms with Gasteiger partial charge in [-0.05, 0) is 71.9 Å². The van der Waals surface area contributed by atoms with E-state index < -0.39 is 49.4 Å². The molecule has 2 N–H and O–H groups in total. The van der Waals surface area contributed by atoms with Crippen molar-refractivity contribution in [1.29, 1.82) is 0 Å². The maximum absolute atomic E-state index is 13.1. The number of carbonyl (C=O) groups excluding carboxylic acids is 3. The zero-order chi connectivity index (χ0) is 30.7. The highest BCUT2D eigenvalue weighted by Gasteiger charge is 2.35. The van der Waals surface area contributed by atoms with Crippen LogP contribution < -0.4 is 14.8 Å². The van der Waals surface area contributed by atoms with Crippen molar-refractivity contribution in [3.63, 3.8) is 0 Å². The Hall–Kier alpha value is -4.01. The molecule has 0 unspecified atom stereocenters. The molecular formula is C27H21ClF3N3O6S2. The number of anilines is 1. The highest BCUT2D eigenvalue weighted by molar-refractivity contribution is 8.18. The first kappa shape index (κ1) is 30.9. The maximum atomic E-state index is 13.1. The maximum Gasteiger partial charge on any atom is 0.416 e. The minimum atomic E-state index is -4.72. The largest absolute Gasteiger partial charge is 0.497 e. The summed E-state index contributed by atoms with van der Waals surface area (Å²) in [5.41, 5.74) is -0.982. The number of alkyl halides is 3. The van der Waals surface area contributed by atoms with Gasteiger partial charge in [-0.1, -0.05) is 29.8 Å². The van der Waals surface area contributed by atoms with Gasteiger partial charge in [-0.25, -0.2) is 8.42 Å². The second-order valence-corrected chi connectivity index (χ2v) is 11.8. The van der Waals surface area contributed by atoms with Crippen molar-refractivity contribution in [2.75, 3.05) is 24.9 Å². The summed E-state index contributed by atoms with van der Waals surface area (Å²) in [4.78, 5) is 38.6. The summed E-state index contributed by atoms with van der Waals surface area (Å²) < 4.78 is 72.0. The summed E-state index contributed by atoms with van der Waals surface area (Å²) >= 11 is 6.65. The first-order valence-electron chi connectivity index (χ1n) is 12.0. The molecule has 0 radical (unpaired) electrons. The van der Waals surface area contributed by atoms with Crippen molar-refractivity contribution in [2.45, 2.75) is 11.1 Å². The number of carbonyl (C=O) groups is 3. The number of ether oxygens (including phenoxy) is 1. The lowest BCUT2D eigenvalue weighted by atomic mass is 10.2. The number of nitrogens with zero attached hydrogens (tertiary/aromatic N) is 1. The van der Waals surface area contributed by atoms with Crippen LogP contribution in [0.25, 0.3) is 6.08 Å². The molecule has 3 amide bonds. The molecule has 1 fully saturated rings. The summed E-state index contributed by atoms with van der Waals surface area (Å²) in [5, 5.41) is 1.75. The number of halogens is 4. The number of nitrogens with one attached hydrogen (secondary N) is 2. The van der Waals surface area contributed by atoms with Crippen molar-refractivity contribution in [3.8, 4) is 5.75 Å². The standard InChI is InChI=1S/C27H21ClF3N3O6S2/c1-40-19-8-5-16(6-9-19)13-23-25(36)34(26(37)41-23)12-11-32-24(35)17-3-2-4-20(14-17)42(38,39)33-22-15-18(27(29,30)31)7-10-21(22)28/h2-10,13-15,33H,11-12H2,1H3,(H,32,35). The van der Waals surface area contributed by atoms with Gasteiger partial charge in [0.25, 0.3) is 27.1 Å². The van der Waals surface area contributed by atoms with Crippen LogP contribution in [0, 0.1) is 0 Å². The molecule has 0 aromatic heterocycles. The second kappa shape index (κ2) is 12.5. The van der Waals surface area contributed by atoms with E-state index in [1.807, 2.05) is 4.72 Å². The van der Waals surface area contributed by atoms with Gasteiger partial charge in [-0.2, -0.15) is 13.2 Å². The molecule has 4 rings (SSSR count). The third-order valence-electron chi connectivity index (χ3n) is 5.85. The Labute approximate surface area is 247 Å². The summed E-state index contributed by atoms with van der Waals surface area (Å²) in [5.74, 6) is -0.595. The smallest absolute Gasteiger partial charge is 0.416 e. The Morgan fingerprint density at radius 2 is 1.79 bits per heavy atom. The lowest BCUT2D eigenvalue weighted by Gasteiger charge is -2.14. The van der Waals surface area contributed by atoms with Gasteiger partial charge < -0.3 is 10.1 Å². The van der Waals surface area contributed by atoms with Gasteiger partial charge in [0.1, 0.15) is 5.75 Å². The Morgan fingerprint density at radius 3 is 2.45 bits per heavy atom.